The molecule has 6 rings (SSSR count). The van der Waals surface area contributed by atoms with Gasteiger partial charge in [-0.2, -0.15) is 15.0 Å². The maximum Gasteiger partial charge on any atom is 0.159 e. The predicted molar refractivity (Wildman–Crippen MR) is 122 cm³/mol. The van der Waals surface area contributed by atoms with Crippen molar-refractivity contribution in [2.24, 2.45) is 40.9 Å². The van der Waals surface area contributed by atoms with Crippen molar-refractivity contribution in [2.45, 2.75) is 76.9 Å². The van der Waals surface area contributed by atoms with Crippen molar-refractivity contribution in [3.05, 3.63) is 18.5 Å². The zero-order chi connectivity index (χ0) is 22.8. The molecule has 0 aromatic carbocycles. The van der Waals surface area contributed by atoms with Crippen molar-refractivity contribution in [1.29, 1.82) is 0 Å². The number of fused-ring (bicyclic) bond motifs is 6. The SMILES string of the molecule is C[C@]12CC[C@H]3[C@@H](CC[C@H]4C[C@@](O)(CF)CC[C@@H]43)[C@@H]1CC[C@@H]2C(=O)Cn1nc2ccncc2n1. The molecule has 0 unspecified atom stereocenters. The number of Topliss-reactive ketones (excluding diaryl/α,β-unsaturated/α-hetero) is 1. The van der Waals surface area contributed by atoms with Crippen LogP contribution in [0.1, 0.15) is 64.7 Å². The van der Waals surface area contributed by atoms with E-state index in [1.54, 1.807) is 17.2 Å². The number of nitrogens with zero attached hydrogens (tertiary/aromatic N) is 4. The first-order valence-corrected chi connectivity index (χ1v) is 12.9. The van der Waals surface area contributed by atoms with Gasteiger partial charge in [0.05, 0.1) is 11.8 Å². The molecule has 0 radical (unpaired) electrons. The van der Waals surface area contributed by atoms with Gasteiger partial charge in [0.25, 0.3) is 0 Å². The topological polar surface area (TPSA) is 80.9 Å². The van der Waals surface area contributed by atoms with Gasteiger partial charge in [0.2, 0.25) is 0 Å². The highest BCUT2D eigenvalue weighted by Crippen LogP contribution is 2.64. The quantitative estimate of drug-likeness (QED) is 0.742. The Hall–Kier alpha value is -1.89. The molecule has 33 heavy (non-hydrogen) atoms. The van der Waals surface area contributed by atoms with Gasteiger partial charge >= 0.3 is 0 Å². The molecule has 2 aromatic rings. The van der Waals surface area contributed by atoms with Gasteiger partial charge in [0.1, 0.15) is 24.3 Å². The van der Waals surface area contributed by atoms with Gasteiger partial charge < -0.3 is 5.11 Å². The second-order valence-corrected chi connectivity index (χ2v) is 11.8. The van der Waals surface area contributed by atoms with E-state index in [-0.39, 0.29) is 23.7 Å². The smallest absolute Gasteiger partial charge is 0.159 e. The maximum atomic E-state index is 13.5. The summed E-state index contributed by atoms with van der Waals surface area (Å²) in [7, 11) is 0. The number of hydrogen-bond donors (Lipinski definition) is 1. The molecule has 0 saturated heterocycles. The van der Waals surface area contributed by atoms with Crippen LogP contribution < -0.4 is 0 Å². The lowest BCUT2D eigenvalue weighted by molar-refractivity contribution is -0.134. The molecular weight excluding hydrogens is 419 g/mol. The van der Waals surface area contributed by atoms with Gasteiger partial charge in [-0.3, -0.25) is 9.78 Å². The minimum Gasteiger partial charge on any atom is -0.387 e. The van der Waals surface area contributed by atoms with E-state index in [1.165, 1.54) is 12.8 Å². The van der Waals surface area contributed by atoms with Crippen molar-refractivity contribution < 1.29 is 14.3 Å². The molecule has 7 heteroatoms. The summed E-state index contributed by atoms with van der Waals surface area (Å²) in [6, 6.07) is 1.83. The van der Waals surface area contributed by atoms with Crippen LogP contribution in [-0.2, 0) is 11.3 Å². The zero-order valence-electron chi connectivity index (χ0n) is 19.5. The van der Waals surface area contributed by atoms with Gasteiger partial charge in [-0.15, -0.1) is 0 Å². The van der Waals surface area contributed by atoms with E-state index in [2.05, 4.69) is 22.1 Å². The summed E-state index contributed by atoms with van der Waals surface area (Å²) in [5, 5.41) is 19.5. The van der Waals surface area contributed by atoms with E-state index in [0.29, 0.717) is 42.4 Å². The molecule has 4 aliphatic carbocycles. The lowest BCUT2D eigenvalue weighted by Crippen LogP contribution is -2.52. The van der Waals surface area contributed by atoms with Crippen LogP contribution in [-0.4, -0.2) is 43.1 Å². The monoisotopic (exact) mass is 454 g/mol. The number of hydrogen-bond acceptors (Lipinski definition) is 5. The minimum atomic E-state index is -1.08. The number of alkyl halides is 1. The molecule has 4 saturated carbocycles. The number of carbonyl (C=O) groups is 1. The third-order valence-electron chi connectivity index (χ3n) is 10.3. The molecule has 6 nitrogen and oxygen atoms in total. The first kappa shape index (κ1) is 21.6. The number of ketones is 1. The Morgan fingerprint density at radius 2 is 1.91 bits per heavy atom. The van der Waals surface area contributed by atoms with Crippen molar-refractivity contribution >= 4 is 16.8 Å². The Morgan fingerprint density at radius 1 is 1.09 bits per heavy atom. The van der Waals surface area contributed by atoms with Gasteiger partial charge in [-0.05, 0) is 98.9 Å². The third kappa shape index (κ3) is 3.44. The molecule has 0 aliphatic heterocycles. The fourth-order valence-corrected chi connectivity index (χ4v) is 8.74. The summed E-state index contributed by atoms with van der Waals surface area (Å²) < 4.78 is 13.4. The Morgan fingerprint density at radius 3 is 2.73 bits per heavy atom. The molecule has 8 atom stereocenters. The average molecular weight is 455 g/mol. The largest absolute Gasteiger partial charge is 0.387 e. The number of carbonyl (C=O) groups excluding carboxylic acids is 1. The molecule has 178 valence electrons. The molecule has 0 amide bonds. The van der Waals surface area contributed by atoms with Crippen LogP contribution in [0.2, 0.25) is 0 Å². The average Bonchev–Trinajstić information content (AvgIpc) is 3.38. The van der Waals surface area contributed by atoms with Gasteiger partial charge in [-0.25, -0.2) is 4.39 Å². The summed E-state index contributed by atoms with van der Waals surface area (Å²) in [6.07, 6.45) is 12.3. The Labute approximate surface area is 194 Å². The van der Waals surface area contributed by atoms with Crippen molar-refractivity contribution in [1.82, 2.24) is 20.0 Å². The lowest BCUT2D eigenvalue weighted by atomic mass is 9.49. The van der Waals surface area contributed by atoms with E-state index in [1.807, 2.05) is 6.07 Å². The van der Waals surface area contributed by atoms with Crippen LogP contribution in [0.3, 0.4) is 0 Å². The van der Waals surface area contributed by atoms with Crippen molar-refractivity contribution in [2.75, 3.05) is 6.67 Å². The van der Waals surface area contributed by atoms with E-state index in [0.717, 1.165) is 43.1 Å². The molecule has 0 bridgehead atoms. The third-order valence-corrected chi connectivity index (χ3v) is 10.3. The fourth-order valence-electron chi connectivity index (χ4n) is 8.74. The first-order valence-electron chi connectivity index (χ1n) is 12.9. The van der Waals surface area contributed by atoms with Crippen LogP contribution in [0.15, 0.2) is 18.5 Å². The Bertz CT molecular complexity index is 1020. The van der Waals surface area contributed by atoms with Gasteiger partial charge in [-0.1, -0.05) is 6.92 Å². The highest BCUT2D eigenvalue weighted by atomic mass is 19.1. The predicted octanol–water partition coefficient (Wildman–Crippen LogP) is 4.36. The molecule has 0 spiro atoms. The molecule has 4 fully saturated rings. The molecule has 4 aliphatic rings. The van der Waals surface area contributed by atoms with Crippen LogP contribution >= 0.6 is 0 Å². The van der Waals surface area contributed by atoms with E-state index >= 15 is 0 Å². The van der Waals surface area contributed by atoms with Gasteiger partial charge in [0.15, 0.2) is 5.78 Å². The summed E-state index contributed by atoms with van der Waals surface area (Å²) in [5.74, 6) is 3.41. The number of aromatic nitrogens is 4. The molecule has 1 N–H and O–H groups in total. The van der Waals surface area contributed by atoms with Crippen LogP contribution in [0, 0.1) is 40.9 Å². The highest BCUT2D eigenvalue weighted by molar-refractivity contribution is 5.82. The molecular formula is C26H35FN4O2. The zero-order valence-corrected chi connectivity index (χ0v) is 19.5. The lowest BCUT2D eigenvalue weighted by Gasteiger charge is -2.56. The Balaban J connectivity index is 1.17. The summed E-state index contributed by atoms with van der Waals surface area (Å²) in [4.78, 5) is 19.1. The standard InChI is InChI=1S/C26H35FN4O2/c1-25-9-6-18-17-7-10-26(33,15-27)12-16(17)2-3-19(18)20(25)4-5-21(25)24(32)14-31-29-22-8-11-28-13-23(22)30-31/h8,11,13,16-21,33H,2-7,9-10,12,14-15H2,1H3/t16-,17-,18+,19+,20-,21+,25-,26+/m0/s1. The maximum absolute atomic E-state index is 13.5. The number of pyridine rings is 1. The summed E-state index contributed by atoms with van der Waals surface area (Å²) in [5.41, 5.74) is 0.486. The van der Waals surface area contributed by atoms with Crippen molar-refractivity contribution in [3.8, 4) is 0 Å². The first-order chi connectivity index (χ1) is 15.9. The second kappa shape index (κ2) is 7.82. The van der Waals surface area contributed by atoms with Crippen molar-refractivity contribution in [3.63, 3.8) is 0 Å². The molecule has 2 heterocycles. The van der Waals surface area contributed by atoms with E-state index in [9.17, 15) is 14.3 Å². The highest BCUT2D eigenvalue weighted by Gasteiger charge is 2.59. The molecule has 2 aromatic heterocycles. The normalized spacial score (nSPS) is 42.5. The minimum absolute atomic E-state index is 0.0631. The van der Waals surface area contributed by atoms with E-state index < -0.39 is 12.3 Å². The number of rotatable bonds is 4. The summed E-state index contributed by atoms with van der Waals surface area (Å²) >= 11 is 0. The number of halogens is 1. The van der Waals surface area contributed by atoms with Crippen LogP contribution in [0.5, 0.6) is 0 Å². The second-order valence-electron chi connectivity index (χ2n) is 11.8. The van der Waals surface area contributed by atoms with Gasteiger partial charge in [0, 0.05) is 12.1 Å². The number of aliphatic hydroxyl groups is 1. The van der Waals surface area contributed by atoms with Crippen LogP contribution in [0.25, 0.3) is 11.0 Å². The summed E-state index contributed by atoms with van der Waals surface area (Å²) in [6.45, 7) is 2.00. The fraction of sp³-hybridized carbons (Fsp3) is 0.769. The Kier molecular flexibility index (Phi) is 5.13. The van der Waals surface area contributed by atoms with Crippen LogP contribution in [0.4, 0.5) is 4.39 Å². The van der Waals surface area contributed by atoms with E-state index in [4.69, 9.17) is 0 Å².